The maximum absolute atomic E-state index is 2.38. The predicted octanol–water partition coefficient (Wildman–Crippen LogP) is -0.477. The van der Waals surface area contributed by atoms with Gasteiger partial charge in [-0.2, -0.15) is 0 Å². The van der Waals surface area contributed by atoms with E-state index < -0.39 is 0 Å². The van der Waals surface area contributed by atoms with Crippen molar-refractivity contribution in [1.29, 1.82) is 0 Å². The van der Waals surface area contributed by atoms with Crippen LogP contribution in [0.4, 0.5) is 0 Å². The summed E-state index contributed by atoms with van der Waals surface area (Å²) in [7, 11) is 4.69. The Hall–Kier alpha value is 0.690. The van der Waals surface area contributed by atoms with Crippen molar-refractivity contribution in [2.75, 3.05) is 27.2 Å². The maximum Gasteiger partial charge on any atom is 0.0785 e. The molecule has 0 aliphatic carbocycles. The Morgan fingerprint density at radius 3 is 1.69 bits per heavy atom. The third kappa shape index (κ3) is 4.15. The molecule has 0 N–H and O–H groups in total. The fourth-order valence-electron chi connectivity index (χ4n) is 2.13. The van der Waals surface area contributed by atoms with Crippen molar-refractivity contribution in [2.24, 2.45) is 11.3 Å². The molecule has 2 heteroatoms. The molecule has 0 bridgehead atoms. The molecule has 0 aromatic carbocycles. The third-order valence-electron chi connectivity index (χ3n) is 3.39. The van der Waals surface area contributed by atoms with E-state index in [1.54, 1.807) is 0 Å². The second kappa shape index (κ2) is 4.47. The van der Waals surface area contributed by atoms with Crippen LogP contribution in [-0.2, 0) is 0 Å². The van der Waals surface area contributed by atoms with Gasteiger partial charge in [-0.15, -0.1) is 0 Å². The van der Waals surface area contributed by atoms with Crippen LogP contribution in [0, 0.1) is 11.3 Å². The molecule has 0 amide bonds. The van der Waals surface area contributed by atoms with E-state index in [9.17, 15) is 0 Å². The number of rotatable bonds is 0. The molecule has 1 saturated heterocycles. The first kappa shape index (κ1) is 13.7. The van der Waals surface area contributed by atoms with Gasteiger partial charge in [0, 0.05) is 12.8 Å². The summed E-state index contributed by atoms with van der Waals surface area (Å²) in [5.41, 5.74) is 0.528. The number of piperidine rings is 1. The minimum atomic E-state index is 0. The van der Waals surface area contributed by atoms with Gasteiger partial charge in [0.25, 0.3) is 0 Å². The van der Waals surface area contributed by atoms with Crippen molar-refractivity contribution >= 4 is 0 Å². The van der Waals surface area contributed by atoms with E-state index >= 15 is 0 Å². The fourth-order valence-corrected chi connectivity index (χ4v) is 2.13. The van der Waals surface area contributed by atoms with E-state index in [0.29, 0.717) is 5.41 Å². The molecule has 80 valence electrons. The molecular weight excluding hydrogens is 273 g/mol. The lowest BCUT2D eigenvalue weighted by molar-refractivity contribution is -0.896. The molecule has 1 heterocycles. The van der Waals surface area contributed by atoms with Crippen LogP contribution in [-0.4, -0.2) is 31.7 Å². The number of nitrogens with zero attached hydrogens (tertiary/aromatic N) is 1. The summed E-state index contributed by atoms with van der Waals surface area (Å²) in [6, 6.07) is 0. The first-order chi connectivity index (χ1) is 5.31. The predicted molar refractivity (Wildman–Crippen MR) is 54.0 cm³/mol. The van der Waals surface area contributed by atoms with Gasteiger partial charge in [0.2, 0.25) is 0 Å². The standard InChI is InChI=1S/C11H24N.HI/c1-11(2,3)10-6-8-12(4,5)9-7-10;/h10H,6-9H2,1-5H3;1H/q+1;/p-1. The smallest absolute Gasteiger partial charge is 0.0785 e. The van der Waals surface area contributed by atoms with Crippen LogP contribution in [0.25, 0.3) is 0 Å². The van der Waals surface area contributed by atoms with E-state index in [4.69, 9.17) is 0 Å². The van der Waals surface area contributed by atoms with Gasteiger partial charge in [-0.25, -0.2) is 0 Å². The third-order valence-corrected chi connectivity index (χ3v) is 3.39. The zero-order valence-corrected chi connectivity index (χ0v) is 11.9. The lowest BCUT2D eigenvalue weighted by atomic mass is 9.75. The van der Waals surface area contributed by atoms with Crippen LogP contribution in [0.15, 0.2) is 0 Å². The highest BCUT2D eigenvalue weighted by Gasteiger charge is 2.32. The quantitative estimate of drug-likeness (QED) is 0.419. The summed E-state index contributed by atoms with van der Waals surface area (Å²) < 4.78 is 1.23. The molecule has 0 spiro atoms. The Bertz CT molecular complexity index is 148. The van der Waals surface area contributed by atoms with Gasteiger partial charge in [0.05, 0.1) is 27.2 Å². The normalized spacial score (nSPS) is 23.8. The van der Waals surface area contributed by atoms with Crippen molar-refractivity contribution < 1.29 is 28.5 Å². The van der Waals surface area contributed by atoms with E-state index in [1.807, 2.05) is 0 Å². The number of hydrogen-bond acceptors (Lipinski definition) is 0. The van der Waals surface area contributed by atoms with Crippen LogP contribution in [0.1, 0.15) is 33.6 Å². The Morgan fingerprint density at radius 2 is 1.38 bits per heavy atom. The molecule has 0 atom stereocenters. The van der Waals surface area contributed by atoms with E-state index in [2.05, 4.69) is 34.9 Å². The summed E-state index contributed by atoms with van der Waals surface area (Å²) in [6.45, 7) is 9.86. The second-order valence-electron chi connectivity index (χ2n) is 6.02. The van der Waals surface area contributed by atoms with Gasteiger partial charge in [0.1, 0.15) is 0 Å². The SMILES string of the molecule is CC(C)(C)C1CC[N+](C)(C)CC1.[I-]. The Labute approximate surface area is 100 Å². The largest absolute Gasteiger partial charge is 1.00 e. The van der Waals surface area contributed by atoms with Gasteiger partial charge in [-0.1, -0.05) is 20.8 Å². The lowest BCUT2D eigenvalue weighted by Gasteiger charge is -2.41. The molecule has 13 heavy (non-hydrogen) atoms. The molecule has 0 aromatic heterocycles. The number of quaternary nitrogens is 1. The summed E-state index contributed by atoms with van der Waals surface area (Å²) in [5.74, 6) is 0.948. The van der Waals surface area contributed by atoms with Crippen LogP contribution >= 0.6 is 0 Å². The maximum atomic E-state index is 2.38. The molecule has 1 nitrogen and oxygen atoms in total. The van der Waals surface area contributed by atoms with E-state index in [0.717, 1.165) is 5.92 Å². The zero-order valence-electron chi connectivity index (χ0n) is 9.73. The summed E-state index contributed by atoms with van der Waals surface area (Å²) in [5, 5.41) is 0. The van der Waals surface area contributed by atoms with Gasteiger partial charge >= 0.3 is 0 Å². The van der Waals surface area contributed by atoms with Crippen molar-refractivity contribution in [3.63, 3.8) is 0 Å². The first-order valence-electron chi connectivity index (χ1n) is 5.13. The number of likely N-dealkylation sites (tertiary alicyclic amines) is 1. The minimum absolute atomic E-state index is 0. The molecule has 1 aliphatic rings. The summed E-state index contributed by atoms with van der Waals surface area (Å²) in [4.78, 5) is 0. The summed E-state index contributed by atoms with van der Waals surface area (Å²) >= 11 is 0. The lowest BCUT2D eigenvalue weighted by Crippen LogP contribution is -3.00. The molecular formula is C11H24IN. The average Bonchev–Trinajstić information content (AvgIpc) is 1.83. The van der Waals surface area contributed by atoms with Crippen LogP contribution in [0.2, 0.25) is 0 Å². The van der Waals surface area contributed by atoms with Gasteiger partial charge in [-0.3, -0.25) is 0 Å². The highest BCUT2D eigenvalue weighted by Crippen LogP contribution is 2.35. The van der Waals surface area contributed by atoms with Gasteiger partial charge in [-0.05, 0) is 11.3 Å². The Kier molecular flexibility index (Phi) is 4.71. The Balaban J connectivity index is 0.00000144. The molecule has 0 unspecified atom stereocenters. The van der Waals surface area contributed by atoms with Gasteiger partial charge < -0.3 is 28.5 Å². The monoisotopic (exact) mass is 297 g/mol. The Morgan fingerprint density at radius 1 is 1.00 bits per heavy atom. The fraction of sp³-hybridized carbons (Fsp3) is 1.00. The van der Waals surface area contributed by atoms with E-state index in [-0.39, 0.29) is 24.0 Å². The van der Waals surface area contributed by atoms with Crippen molar-refractivity contribution in [2.45, 2.75) is 33.6 Å². The van der Waals surface area contributed by atoms with E-state index in [1.165, 1.54) is 30.4 Å². The van der Waals surface area contributed by atoms with Crippen molar-refractivity contribution in [3.05, 3.63) is 0 Å². The molecule has 1 rings (SSSR count). The second-order valence-corrected chi connectivity index (χ2v) is 6.02. The molecule has 0 radical (unpaired) electrons. The van der Waals surface area contributed by atoms with Gasteiger partial charge in [0.15, 0.2) is 0 Å². The van der Waals surface area contributed by atoms with Crippen molar-refractivity contribution in [3.8, 4) is 0 Å². The molecule has 0 aromatic rings. The highest BCUT2D eigenvalue weighted by molar-refractivity contribution is 4.76. The van der Waals surface area contributed by atoms with Crippen LogP contribution < -0.4 is 24.0 Å². The number of hydrogen-bond donors (Lipinski definition) is 0. The topological polar surface area (TPSA) is 0 Å². The highest BCUT2D eigenvalue weighted by atomic mass is 127. The van der Waals surface area contributed by atoms with Crippen LogP contribution in [0.5, 0.6) is 0 Å². The number of halogens is 1. The minimum Gasteiger partial charge on any atom is -1.00 e. The molecule has 1 fully saturated rings. The van der Waals surface area contributed by atoms with Crippen LogP contribution in [0.3, 0.4) is 0 Å². The first-order valence-corrected chi connectivity index (χ1v) is 5.13. The average molecular weight is 297 g/mol. The van der Waals surface area contributed by atoms with Crippen molar-refractivity contribution in [1.82, 2.24) is 0 Å². The molecule has 0 saturated carbocycles. The molecule has 1 aliphatic heterocycles. The zero-order chi connectivity index (χ0) is 9.41. The summed E-state index contributed by atoms with van der Waals surface area (Å²) in [6.07, 6.45) is 2.83.